The highest BCUT2D eigenvalue weighted by Gasteiger charge is 2.18. The Hall–Kier alpha value is -3.12. The Kier molecular flexibility index (Phi) is 4.65. The Labute approximate surface area is 169 Å². The standard InChI is InChI=1S/C22H17BrN2O3/c1-13-10-18(22(26)19(23)11-13)21-17(16-4-2-3-5-20(16)24-21)12-14-6-8-15(9-7-14)25(27)28/h2-11,24,26H,12H2,1H3. The van der Waals surface area contributed by atoms with Crippen LogP contribution >= 0.6 is 15.9 Å². The van der Waals surface area contributed by atoms with Gasteiger partial charge in [0.25, 0.3) is 5.69 Å². The number of aryl methyl sites for hydroxylation is 1. The fourth-order valence-corrected chi connectivity index (χ4v) is 4.05. The van der Waals surface area contributed by atoms with Crippen molar-refractivity contribution >= 4 is 32.5 Å². The van der Waals surface area contributed by atoms with E-state index in [4.69, 9.17) is 0 Å². The number of nitro benzene ring substituents is 1. The monoisotopic (exact) mass is 436 g/mol. The molecule has 0 amide bonds. The number of nitrogens with zero attached hydrogens (tertiary/aromatic N) is 1. The minimum Gasteiger partial charge on any atom is -0.506 e. The summed E-state index contributed by atoms with van der Waals surface area (Å²) >= 11 is 3.42. The summed E-state index contributed by atoms with van der Waals surface area (Å²) in [6.07, 6.45) is 0.586. The topological polar surface area (TPSA) is 79.2 Å². The normalized spacial score (nSPS) is 11.1. The molecular formula is C22H17BrN2O3. The van der Waals surface area contributed by atoms with Gasteiger partial charge in [-0.3, -0.25) is 10.1 Å². The summed E-state index contributed by atoms with van der Waals surface area (Å²) in [7, 11) is 0. The molecule has 0 aliphatic rings. The van der Waals surface area contributed by atoms with E-state index >= 15 is 0 Å². The van der Waals surface area contributed by atoms with Crippen LogP contribution in [0.25, 0.3) is 22.2 Å². The molecule has 0 spiro atoms. The predicted octanol–water partition coefficient (Wildman–Crippen LogP) is 6.11. The molecule has 0 atom stereocenters. The summed E-state index contributed by atoms with van der Waals surface area (Å²) in [5, 5.41) is 22.6. The van der Waals surface area contributed by atoms with Gasteiger partial charge in [0.2, 0.25) is 0 Å². The van der Waals surface area contributed by atoms with E-state index in [1.165, 1.54) is 12.1 Å². The second-order valence-electron chi connectivity index (χ2n) is 6.77. The van der Waals surface area contributed by atoms with Crippen molar-refractivity contribution in [2.24, 2.45) is 0 Å². The third-order valence-corrected chi connectivity index (χ3v) is 5.42. The van der Waals surface area contributed by atoms with Gasteiger partial charge >= 0.3 is 0 Å². The molecule has 4 rings (SSSR count). The van der Waals surface area contributed by atoms with Crippen LogP contribution < -0.4 is 0 Å². The number of aromatic nitrogens is 1. The van der Waals surface area contributed by atoms with Crippen molar-refractivity contribution in [2.45, 2.75) is 13.3 Å². The van der Waals surface area contributed by atoms with Crippen molar-refractivity contribution in [3.8, 4) is 17.0 Å². The number of H-pyrrole nitrogens is 1. The van der Waals surface area contributed by atoms with Gasteiger partial charge in [-0.25, -0.2) is 0 Å². The smallest absolute Gasteiger partial charge is 0.269 e. The van der Waals surface area contributed by atoms with Gasteiger partial charge in [-0.1, -0.05) is 30.3 Å². The van der Waals surface area contributed by atoms with E-state index < -0.39 is 4.92 Å². The van der Waals surface area contributed by atoms with Crippen molar-refractivity contribution in [1.82, 2.24) is 4.98 Å². The minimum atomic E-state index is -0.400. The van der Waals surface area contributed by atoms with Crippen LogP contribution in [0, 0.1) is 17.0 Å². The van der Waals surface area contributed by atoms with Crippen LogP contribution in [0.3, 0.4) is 0 Å². The second-order valence-corrected chi connectivity index (χ2v) is 7.62. The van der Waals surface area contributed by atoms with Crippen LogP contribution in [0.1, 0.15) is 16.7 Å². The molecular weight excluding hydrogens is 420 g/mol. The van der Waals surface area contributed by atoms with E-state index in [1.807, 2.05) is 43.3 Å². The maximum absolute atomic E-state index is 10.9. The van der Waals surface area contributed by atoms with Crippen LogP contribution in [0.15, 0.2) is 65.1 Å². The van der Waals surface area contributed by atoms with E-state index in [0.717, 1.165) is 38.9 Å². The number of aromatic hydroxyl groups is 1. The van der Waals surface area contributed by atoms with Gasteiger partial charge in [-0.15, -0.1) is 0 Å². The molecule has 3 aromatic carbocycles. The number of phenolic OH excluding ortho intramolecular Hbond substituents is 1. The molecule has 1 aromatic heterocycles. The summed E-state index contributed by atoms with van der Waals surface area (Å²) in [6.45, 7) is 1.98. The first-order chi connectivity index (χ1) is 13.4. The largest absolute Gasteiger partial charge is 0.506 e. The zero-order chi connectivity index (χ0) is 19.8. The highest BCUT2D eigenvalue weighted by Crippen LogP contribution is 2.40. The fourth-order valence-electron chi connectivity index (χ4n) is 3.48. The molecule has 0 unspecified atom stereocenters. The van der Waals surface area contributed by atoms with Crippen LogP contribution in [-0.2, 0) is 6.42 Å². The average molecular weight is 437 g/mol. The lowest BCUT2D eigenvalue weighted by Crippen LogP contribution is -1.93. The van der Waals surface area contributed by atoms with Crippen molar-refractivity contribution < 1.29 is 10.0 Å². The molecule has 0 saturated carbocycles. The highest BCUT2D eigenvalue weighted by atomic mass is 79.9. The summed E-state index contributed by atoms with van der Waals surface area (Å²) in [6, 6.07) is 18.4. The van der Waals surface area contributed by atoms with Crippen molar-refractivity contribution in [3.05, 3.63) is 91.9 Å². The van der Waals surface area contributed by atoms with Crippen molar-refractivity contribution in [3.63, 3.8) is 0 Å². The number of aromatic amines is 1. The van der Waals surface area contributed by atoms with Crippen LogP contribution in [-0.4, -0.2) is 15.0 Å². The third kappa shape index (κ3) is 3.27. The lowest BCUT2D eigenvalue weighted by molar-refractivity contribution is -0.384. The first-order valence-corrected chi connectivity index (χ1v) is 9.55. The Balaban J connectivity index is 1.88. The summed E-state index contributed by atoms with van der Waals surface area (Å²) in [5.74, 6) is 0.183. The minimum absolute atomic E-state index is 0.0724. The lowest BCUT2D eigenvalue weighted by Gasteiger charge is -2.10. The molecule has 2 N–H and O–H groups in total. The Morgan fingerprint density at radius 2 is 1.82 bits per heavy atom. The molecule has 0 radical (unpaired) electrons. The number of nitro groups is 1. The maximum atomic E-state index is 10.9. The van der Waals surface area contributed by atoms with Crippen LogP contribution in [0.4, 0.5) is 5.69 Å². The van der Waals surface area contributed by atoms with E-state index in [9.17, 15) is 15.2 Å². The van der Waals surface area contributed by atoms with E-state index in [0.29, 0.717) is 10.9 Å². The van der Waals surface area contributed by atoms with Gasteiger partial charge in [0.1, 0.15) is 5.75 Å². The van der Waals surface area contributed by atoms with Gasteiger partial charge in [-0.05, 0) is 57.7 Å². The van der Waals surface area contributed by atoms with Crippen LogP contribution in [0.5, 0.6) is 5.75 Å². The first-order valence-electron chi connectivity index (χ1n) is 8.76. The number of non-ortho nitro benzene ring substituents is 1. The Morgan fingerprint density at radius 3 is 2.54 bits per heavy atom. The zero-order valence-electron chi connectivity index (χ0n) is 15.1. The predicted molar refractivity (Wildman–Crippen MR) is 114 cm³/mol. The Morgan fingerprint density at radius 1 is 1.11 bits per heavy atom. The number of benzene rings is 3. The van der Waals surface area contributed by atoms with Gasteiger partial charge in [-0.2, -0.15) is 0 Å². The number of rotatable bonds is 4. The lowest BCUT2D eigenvalue weighted by atomic mass is 9.97. The molecule has 28 heavy (non-hydrogen) atoms. The maximum Gasteiger partial charge on any atom is 0.269 e. The molecule has 0 aliphatic carbocycles. The van der Waals surface area contributed by atoms with E-state index in [2.05, 4.69) is 20.9 Å². The molecule has 5 nitrogen and oxygen atoms in total. The average Bonchev–Trinajstić information content (AvgIpc) is 3.03. The first kappa shape index (κ1) is 18.3. The molecule has 0 aliphatic heterocycles. The second kappa shape index (κ2) is 7.13. The summed E-state index contributed by atoms with van der Waals surface area (Å²) < 4.78 is 0.641. The van der Waals surface area contributed by atoms with Crippen molar-refractivity contribution in [2.75, 3.05) is 0 Å². The summed E-state index contributed by atoms with van der Waals surface area (Å²) in [5.41, 5.74) is 5.65. The number of phenols is 1. The molecule has 140 valence electrons. The van der Waals surface area contributed by atoms with Gasteiger partial charge in [0.05, 0.1) is 15.1 Å². The molecule has 0 bridgehead atoms. The quantitative estimate of drug-likeness (QED) is 0.299. The van der Waals surface area contributed by atoms with Gasteiger partial charge in [0, 0.05) is 35.0 Å². The number of fused-ring (bicyclic) bond motifs is 1. The molecule has 6 heteroatoms. The highest BCUT2D eigenvalue weighted by molar-refractivity contribution is 9.10. The number of halogens is 1. The molecule has 1 heterocycles. The Bertz CT molecular complexity index is 1200. The number of nitrogens with one attached hydrogen (secondary N) is 1. The number of hydrogen-bond donors (Lipinski definition) is 2. The van der Waals surface area contributed by atoms with Crippen molar-refractivity contribution in [1.29, 1.82) is 0 Å². The number of hydrogen-bond acceptors (Lipinski definition) is 3. The fraction of sp³-hybridized carbons (Fsp3) is 0.0909. The van der Waals surface area contributed by atoms with Crippen LogP contribution in [0.2, 0.25) is 0 Å². The summed E-state index contributed by atoms with van der Waals surface area (Å²) in [4.78, 5) is 13.9. The SMILES string of the molecule is Cc1cc(Br)c(O)c(-c2[nH]c3ccccc3c2Cc2ccc([N+](=O)[O-])cc2)c1. The van der Waals surface area contributed by atoms with E-state index in [-0.39, 0.29) is 11.4 Å². The zero-order valence-corrected chi connectivity index (χ0v) is 16.7. The third-order valence-electron chi connectivity index (χ3n) is 4.82. The molecule has 0 saturated heterocycles. The molecule has 0 fully saturated rings. The van der Waals surface area contributed by atoms with Gasteiger partial charge < -0.3 is 10.1 Å². The van der Waals surface area contributed by atoms with Gasteiger partial charge in [0.15, 0.2) is 0 Å². The number of para-hydroxylation sites is 1. The molecule has 4 aromatic rings. The van der Waals surface area contributed by atoms with E-state index in [1.54, 1.807) is 12.1 Å².